The van der Waals surface area contributed by atoms with Crippen LogP contribution in [0.1, 0.15) is 12.0 Å². The minimum Gasteiger partial charge on any atom is -0.486 e. The van der Waals surface area contributed by atoms with E-state index in [0.717, 1.165) is 12.1 Å². The van der Waals surface area contributed by atoms with Gasteiger partial charge in [0.1, 0.15) is 13.2 Å². The zero-order valence-electron chi connectivity index (χ0n) is 11.0. The summed E-state index contributed by atoms with van der Waals surface area (Å²) in [5.74, 6) is 0.301. The maximum Gasteiger partial charge on any atom is 0.307 e. The van der Waals surface area contributed by atoms with Crippen molar-refractivity contribution in [3.8, 4) is 11.5 Å². The minimum atomic E-state index is -0.715. The topological polar surface area (TPSA) is 59.0 Å². The molecule has 3 rings (SSSR count). The van der Waals surface area contributed by atoms with Crippen LogP contribution in [-0.2, 0) is 11.3 Å². The maximum atomic E-state index is 11.0. The molecule has 1 unspecified atom stereocenters. The third kappa shape index (κ3) is 2.69. The van der Waals surface area contributed by atoms with Crippen molar-refractivity contribution >= 4 is 17.6 Å². The zero-order valence-corrected chi connectivity index (χ0v) is 11.7. The van der Waals surface area contributed by atoms with Gasteiger partial charge in [0.15, 0.2) is 11.5 Å². The number of carboxylic acid groups (broad SMARTS) is 1. The molecular weight excluding hydrogens is 282 g/mol. The molecule has 0 aliphatic carbocycles. The van der Waals surface area contributed by atoms with E-state index in [1.165, 1.54) is 0 Å². The van der Waals surface area contributed by atoms with Crippen molar-refractivity contribution in [3.05, 3.63) is 22.7 Å². The van der Waals surface area contributed by atoms with E-state index in [-0.39, 0.29) is 5.92 Å². The summed E-state index contributed by atoms with van der Waals surface area (Å²) in [4.78, 5) is 13.1. The van der Waals surface area contributed by atoms with Crippen LogP contribution in [0.15, 0.2) is 12.1 Å². The van der Waals surface area contributed by atoms with Crippen LogP contribution >= 0.6 is 11.6 Å². The molecule has 0 bridgehead atoms. The molecule has 1 N–H and O–H groups in total. The fourth-order valence-electron chi connectivity index (χ4n) is 2.69. The van der Waals surface area contributed by atoms with Gasteiger partial charge >= 0.3 is 5.97 Å². The SMILES string of the molecule is O=C(O)C1CCN(Cc2cc(Cl)c3c(c2)OCCO3)C1. The molecule has 6 heteroatoms. The highest BCUT2D eigenvalue weighted by Gasteiger charge is 2.28. The van der Waals surface area contributed by atoms with E-state index >= 15 is 0 Å². The first kappa shape index (κ1) is 13.5. The Morgan fingerprint density at radius 3 is 2.95 bits per heavy atom. The zero-order chi connectivity index (χ0) is 14.1. The average Bonchev–Trinajstić information content (AvgIpc) is 2.87. The summed E-state index contributed by atoms with van der Waals surface area (Å²) in [5.41, 5.74) is 1.02. The molecule has 20 heavy (non-hydrogen) atoms. The first-order chi connectivity index (χ1) is 9.63. The highest BCUT2D eigenvalue weighted by Crippen LogP contribution is 2.38. The standard InChI is InChI=1S/C14H16ClNO4/c15-11-5-9(6-12-13(11)20-4-3-19-12)7-16-2-1-10(8-16)14(17)18/h5-6,10H,1-4,7-8H2,(H,17,18). The third-order valence-corrected chi connectivity index (χ3v) is 3.97. The number of hydrogen-bond donors (Lipinski definition) is 1. The first-order valence-electron chi connectivity index (χ1n) is 6.66. The van der Waals surface area contributed by atoms with Crippen LogP contribution in [0.3, 0.4) is 0 Å². The molecule has 1 aromatic carbocycles. The van der Waals surface area contributed by atoms with Crippen LogP contribution in [-0.4, -0.2) is 42.3 Å². The van der Waals surface area contributed by atoms with Gasteiger partial charge in [0, 0.05) is 13.1 Å². The van der Waals surface area contributed by atoms with Crippen molar-refractivity contribution in [3.63, 3.8) is 0 Å². The second-order valence-electron chi connectivity index (χ2n) is 5.16. The largest absolute Gasteiger partial charge is 0.486 e. The Balaban J connectivity index is 1.72. The molecule has 0 aromatic heterocycles. The van der Waals surface area contributed by atoms with E-state index < -0.39 is 5.97 Å². The van der Waals surface area contributed by atoms with Crippen molar-refractivity contribution in [1.82, 2.24) is 4.90 Å². The summed E-state index contributed by atoms with van der Waals surface area (Å²) in [5, 5.41) is 9.56. The Hall–Kier alpha value is -1.46. The highest BCUT2D eigenvalue weighted by atomic mass is 35.5. The van der Waals surface area contributed by atoms with Gasteiger partial charge in [0.05, 0.1) is 10.9 Å². The predicted octanol–water partition coefficient (Wildman–Crippen LogP) is 2.02. The number of likely N-dealkylation sites (tertiary alicyclic amines) is 1. The Kier molecular flexibility index (Phi) is 3.72. The van der Waals surface area contributed by atoms with Crippen LogP contribution in [0.4, 0.5) is 0 Å². The Bertz CT molecular complexity index is 534. The third-order valence-electron chi connectivity index (χ3n) is 3.68. The summed E-state index contributed by atoms with van der Waals surface area (Å²) in [6.45, 7) is 3.10. The number of carboxylic acids is 1. The maximum absolute atomic E-state index is 11.0. The summed E-state index contributed by atoms with van der Waals surface area (Å²) in [6, 6.07) is 3.79. The molecule has 1 fully saturated rings. The summed E-state index contributed by atoms with van der Waals surface area (Å²) in [7, 11) is 0. The van der Waals surface area contributed by atoms with Gasteiger partial charge in [0.25, 0.3) is 0 Å². The van der Waals surface area contributed by atoms with Gasteiger partial charge in [-0.3, -0.25) is 9.69 Å². The molecule has 1 aromatic rings. The van der Waals surface area contributed by atoms with Gasteiger partial charge in [-0.1, -0.05) is 11.6 Å². The average molecular weight is 298 g/mol. The Morgan fingerprint density at radius 2 is 2.20 bits per heavy atom. The van der Waals surface area contributed by atoms with E-state index in [2.05, 4.69) is 4.90 Å². The van der Waals surface area contributed by atoms with Gasteiger partial charge in [-0.05, 0) is 30.7 Å². The van der Waals surface area contributed by atoms with E-state index in [4.69, 9.17) is 26.2 Å². The van der Waals surface area contributed by atoms with Crippen molar-refractivity contribution in [1.29, 1.82) is 0 Å². The van der Waals surface area contributed by atoms with E-state index in [9.17, 15) is 4.79 Å². The van der Waals surface area contributed by atoms with Gasteiger partial charge in [-0.2, -0.15) is 0 Å². The quantitative estimate of drug-likeness (QED) is 0.925. The predicted molar refractivity (Wildman–Crippen MR) is 73.5 cm³/mol. The van der Waals surface area contributed by atoms with Gasteiger partial charge in [0.2, 0.25) is 0 Å². The molecule has 5 nitrogen and oxygen atoms in total. The Morgan fingerprint density at radius 1 is 1.40 bits per heavy atom. The lowest BCUT2D eigenvalue weighted by molar-refractivity contribution is -0.141. The number of carbonyl (C=O) groups is 1. The number of aliphatic carboxylic acids is 1. The van der Waals surface area contributed by atoms with Gasteiger partial charge < -0.3 is 14.6 Å². The van der Waals surface area contributed by atoms with Gasteiger partial charge in [-0.15, -0.1) is 0 Å². The number of halogens is 1. The van der Waals surface area contributed by atoms with E-state index in [0.29, 0.717) is 49.2 Å². The minimum absolute atomic E-state index is 0.261. The lowest BCUT2D eigenvalue weighted by Crippen LogP contribution is -2.23. The number of benzene rings is 1. The molecule has 1 saturated heterocycles. The molecule has 1 atom stereocenters. The van der Waals surface area contributed by atoms with Crippen LogP contribution < -0.4 is 9.47 Å². The molecule has 108 valence electrons. The number of rotatable bonds is 3. The number of hydrogen-bond acceptors (Lipinski definition) is 4. The molecule has 0 radical (unpaired) electrons. The lowest BCUT2D eigenvalue weighted by atomic mass is 10.1. The highest BCUT2D eigenvalue weighted by molar-refractivity contribution is 6.32. The van der Waals surface area contributed by atoms with Crippen LogP contribution in [0.2, 0.25) is 5.02 Å². The monoisotopic (exact) mass is 297 g/mol. The molecule has 0 spiro atoms. The summed E-state index contributed by atoms with van der Waals surface area (Å²) < 4.78 is 11.0. The number of ether oxygens (including phenoxy) is 2. The normalized spacial score (nSPS) is 21.9. The molecule has 0 saturated carbocycles. The van der Waals surface area contributed by atoms with Crippen molar-refractivity contribution < 1.29 is 19.4 Å². The molecule has 2 aliphatic heterocycles. The molecular formula is C14H16ClNO4. The second-order valence-corrected chi connectivity index (χ2v) is 5.57. The van der Waals surface area contributed by atoms with Crippen molar-refractivity contribution in [2.75, 3.05) is 26.3 Å². The summed E-state index contributed by atoms with van der Waals surface area (Å²) in [6.07, 6.45) is 0.702. The molecule has 2 heterocycles. The number of fused-ring (bicyclic) bond motifs is 1. The van der Waals surface area contributed by atoms with Crippen molar-refractivity contribution in [2.45, 2.75) is 13.0 Å². The second kappa shape index (κ2) is 5.50. The Labute approximate surface area is 122 Å². The van der Waals surface area contributed by atoms with Gasteiger partial charge in [-0.25, -0.2) is 0 Å². The molecule has 2 aliphatic rings. The fourth-order valence-corrected chi connectivity index (χ4v) is 2.98. The summed E-state index contributed by atoms with van der Waals surface area (Å²) >= 11 is 6.19. The van der Waals surface area contributed by atoms with Crippen LogP contribution in [0, 0.1) is 5.92 Å². The number of nitrogens with zero attached hydrogens (tertiary/aromatic N) is 1. The molecule has 0 amide bonds. The van der Waals surface area contributed by atoms with Crippen molar-refractivity contribution in [2.24, 2.45) is 5.92 Å². The van der Waals surface area contributed by atoms with Crippen LogP contribution in [0.5, 0.6) is 11.5 Å². The fraction of sp³-hybridized carbons (Fsp3) is 0.500. The van der Waals surface area contributed by atoms with Crippen LogP contribution in [0.25, 0.3) is 0 Å². The van der Waals surface area contributed by atoms with E-state index in [1.807, 2.05) is 12.1 Å². The lowest BCUT2D eigenvalue weighted by Gasteiger charge is -2.22. The smallest absolute Gasteiger partial charge is 0.307 e. The first-order valence-corrected chi connectivity index (χ1v) is 7.04. The van der Waals surface area contributed by atoms with E-state index in [1.54, 1.807) is 0 Å².